The lowest BCUT2D eigenvalue weighted by Crippen LogP contribution is -2.27. The maximum atomic E-state index is 12.0. The van der Waals surface area contributed by atoms with Gasteiger partial charge in [0.1, 0.15) is 5.76 Å². The van der Waals surface area contributed by atoms with E-state index in [0.29, 0.717) is 37.2 Å². The Labute approximate surface area is 135 Å². The van der Waals surface area contributed by atoms with Gasteiger partial charge < -0.3 is 9.73 Å². The van der Waals surface area contributed by atoms with Crippen molar-refractivity contribution in [1.29, 1.82) is 0 Å². The highest BCUT2D eigenvalue weighted by Crippen LogP contribution is 2.32. The van der Waals surface area contributed by atoms with Crippen LogP contribution >= 0.6 is 0 Å². The average Bonchev–Trinajstić information content (AvgIpc) is 3.13. The second-order valence-electron chi connectivity index (χ2n) is 5.56. The lowest BCUT2D eigenvalue weighted by molar-refractivity contribution is -0.116. The number of hydrogen-bond donors (Lipinski definition) is 1. The molecule has 0 unspecified atom stereocenters. The summed E-state index contributed by atoms with van der Waals surface area (Å²) < 4.78 is 30.0. The summed E-state index contributed by atoms with van der Waals surface area (Å²) in [4.78, 5) is 12.0. The molecule has 0 aliphatic carbocycles. The smallest absolute Gasteiger partial charge is 0.232 e. The number of nitrogens with one attached hydrogen (secondary N) is 1. The highest BCUT2D eigenvalue weighted by atomic mass is 32.2. The van der Waals surface area contributed by atoms with Gasteiger partial charge in [-0.1, -0.05) is 0 Å². The van der Waals surface area contributed by atoms with Gasteiger partial charge in [0.2, 0.25) is 15.9 Å². The zero-order chi connectivity index (χ0) is 16.4. The highest BCUT2D eigenvalue weighted by molar-refractivity contribution is 7.92. The number of aryl methyl sites for hydroxylation is 1. The van der Waals surface area contributed by atoms with Crippen LogP contribution in [-0.4, -0.2) is 27.1 Å². The highest BCUT2D eigenvalue weighted by Gasteiger charge is 2.26. The van der Waals surface area contributed by atoms with Crippen molar-refractivity contribution >= 4 is 27.3 Å². The first kappa shape index (κ1) is 15.6. The van der Waals surface area contributed by atoms with Crippen LogP contribution in [0.2, 0.25) is 0 Å². The number of carbonyl (C=O) groups is 1. The van der Waals surface area contributed by atoms with Crippen molar-refractivity contribution in [3.05, 3.63) is 47.9 Å². The van der Waals surface area contributed by atoms with E-state index in [-0.39, 0.29) is 5.91 Å². The van der Waals surface area contributed by atoms with Gasteiger partial charge in [-0.15, -0.1) is 0 Å². The molecule has 2 aromatic rings. The topological polar surface area (TPSA) is 79.6 Å². The molecular formula is C16H18N2O4S. The van der Waals surface area contributed by atoms with Crippen LogP contribution in [-0.2, 0) is 27.7 Å². The summed E-state index contributed by atoms with van der Waals surface area (Å²) in [5, 5.41) is 2.84. The molecule has 0 saturated heterocycles. The average molecular weight is 334 g/mol. The number of nitrogens with zero attached hydrogens (tertiary/aromatic N) is 1. The van der Waals surface area contributed by atoms with Gasteiger partial charge in [-0.3, -0.25) is 9.10 Å². The molecule has 0 spiro atoms. The lowest BCUT2D eigenvalue weighted by atomic mass is 10.1. The molecule has 0 fully saturated rings. The third kappa shape index (κ3) is 3.56. The zero-order valence-electron chi connectivity index (χ0n) is 12.8. The van der Waals surface area contributed by atoms with Crippen LogP contribution in [0.15, 0.2) is 41.0 Å². The van der Waals surface area contributed by atoms with E-state index in [0.717, 1.165) is 11.3 Å². The first-order valence-electron chi connectivity index (χ1n) is 7.36. The number of amides is 1. The van der Waals surface area contributed by atoms with Crippen molar-refractivity contribution in [3.63, 3.8) is 0 Å². The largest absolute Gasteiger partial charge is 0.469 e. The van der Waals surface area contributed by atoms with E-state index in [1.54, 1.807) is 24.5 Å². The molecule has 1 aliphatic rings. The first-order chi connectivity index (χ1) is 10.9. The molecule has 122 valence electrons. The van der Waals surface area contributed by atoms with Crippen LogP contribution in [0.3, 0.4) is 0 Å². The molecule has 0 radical (unpaired) electrons. The normalized spacial score (nSPS) is 13.9. The Kier molecular flexibility index (Phi) is 4.12. The van der Waals surface area contributed by atoms with E-state index in [1.807, 2.05) is 12.1 Å². The van der Waals surface area contributed by atoms with Crippen LogP contribution in [0.4, 0.5) is 11.4 Å². The van der Waals surface area contributed by atoms with E-state index in [2.05, 4.69) is 5.32 Å². The Morgan fingerprint density at radius 2 is 2.17 bits per heavy atom. The van der Waals surface area contributed by atoms with Crippen molar-refractivity contribution < 1.29 is 17.6 Å². The predicted molar refractivity (Wildman–Crippen MR) is 88.0 cm³/mol. The summed E-state index contributed by atoms with van der Waals surface area (Å²) in [7, 11) is -3.25. The Hall–Kier alpha value is -2.28. The first-order valence-corrected chi connectivity index (χ1v) is 9.21. The Bertz CT molecular complexity index is 813. The molecule has 0 atom stereocenters. The number of benzene rings is 1. The predicted octanol–water partition coefficient (Wildman–Crippen LogP) is 2.17. The quantitative estimate of drug-likeness (QED) is 0.909. The van der Waals surface area contributed by atoms with Gasteiger partial charge in [0.25, 0.3) is 0 Å². The van der Waals surface area contributed by atoms with Gasteiger partial charge in [0, 0.05) is 25.1 Å². The fourth-order valence-electron chi connectivity index (χ4n) is 2.71. The van der Waals surface area contributed by atoms with Gasteiger partial charge in [-0.2, -0.15) is 0 Å². The summed E-state index contributed by atoms with van der Waals surface area (Å²) in [5.41, 5.74) is 2.31. The summed E-state index contributed by atoms with van der Waals surface area (Å²) in [6, 6.07) is 8.94. The number of rotatable bonds is 5. The number of anilines is 2. The zero-order valence-corrected chi connectivity index (χ0v) is 13.6. The fourth-order valence-corrected chi connectivity index (χ4v) is 3.67. The molecule has 1 amide bonds. The summed E-state index contributed by atoms with van der Waals surface area (Å²) in [6.45, 7) is 0.448. The molecule has 23 heavy (non-hydrogen) atoms. The number of furan rings is 1. The summed E-state index contributed by atoms with van der Waals surface area (Å²) in [6.07, 6.45) is 4.32. The Morgan fingerprint density at radius 3 is 2.87 bits per heavy atom. The van der Waals surface area contributed by atoms with Crippen LogP contribution in [0, 0.1) is 0 Å². The van der Waals surface area contributed by atoms with Crippen LogP contribution in [0.25, 0.3) is 0 Å². The minimum Gasteiger partial charge on any atom is -0.469 e. The minimum absolute atomic E-state index is 0.0979. The van der Waals surface area contributed by atoms with Crippen molar-refractivity contribution in [2.75, 3.05) is 22.4 Å². The maximum absolute atomic E-state index is 12.0. The third-order valence-electron chi connectivity index (χ3n) is 3.80. The van der Waals surface area contributed by atoms with Crippen LogP contribution < -0.4 is 9.62 Å². The second kappa shape index (κ2) is 6.08. The van der Waals surface area contributed by atoms with Gasteiger partial charge in [0.15, 0.2) is 0 Å². The number of sulfonamides is 1. The number of fused-ring (bicyclic) bond motifs is 1. The van der Waals surface area contributed by atoms with Crippen molar-refractivity contribution in [1.82, 2.24) is 0 Å². The SMILES string of the molecule is CS(=O)(=O)N1CCc2cc(NC(=O)CCc3ccco3)ccc21. The molecular weight excluding hydrogens is 316 g/mol. The van der Waals surface area contributed by atoms with E-state index >= 15 is 0 Å². The Balaban J connectivity index is 1.65. The molecule has 1 aliphatic heterocycles. The lowest BCUT2D eigenvalue weighted by Gasteiger charge is -2.16. The summed E-state index contributed by atoms with van der Waals surface area (Å²) >= 11 is 0. The summed E-state index contributed by atoms with van der Waals surface area (Å²) in [5.74, 6) is 0.678. The van der Waals surface area contributed by atoms with Crippen molar-refractivity contribution in [2.45, 2.75) is 19.3 Å². The molecule has 1 N–H and O–H groups in total. The van der Waals surface area contributed by atoms with Crippen LogP contribution in [0.1, 0.15) is 17.7 Å². The molecule has 0 bridgehead atoms. The van der Waals surface area contributed by atoms with E-state index in [9.17, 15) is 13.2 Å². The minimum atomic E-state index is -3.25. The van der Waals surface area contributed by atoms with Gasteiger partial charge in [0.05, 0.1) is 18.2 Å². The van der Waals surface area contributed by atoms with Gasteiger partial charge >= 0.3 is 0 Å². The van der Waals surface area contributed by atoms with Gasteiger partial charge in [-0.05, 0) is 42.3 Å². The van der Waals surface area contributed by atoms with E-state index in [1.165, 1.54) is 10.6 Å². The molecule has 1 aromatic carbocycles. The maximum Gasteiger partial charge on any atom is 0.232 e. The van der Waals surface area contributed by atoms with E-state index in [4.69, 9.17) is 4.42 Å². The molecule has 1 aromatic heterocycles. The van der Waals surface area contributed by atoms with E-state index < -0.39 is 10.0 Å². The Morgan fingerprint density at radius 1 is 1.35 bits per heavy atom. The van der Waals surface area contributed by atoms with Crippen LogP contribution in [0.5, 0.6) is 0 Å². The standard InChI is InChI=1S/C16H18N2O4S/c1-23(20,21)18-9-8-12-11-13(4-6-15(12)18)17-16(19)7-5-14-3-2-10-22-14/h2-4,6,10-11H,5,7-9H2,1H3,(H,17,19). The molecule has 7 heteroatoms. The number of hydrogen-bond acceptors (Lipinski definition) is 4. The molecule has 0 saturated carbocycles. The monoisotopic (exact) mass is 334 g/mol. The third-order valence-corrected chi connectivity index (χ3v) is 4.98. The van der Waals surface area contributed by atoms with Crippen molar-refractivity contribution in [3.8, 4) is 0 Å². The molecule has 3 rings (SSSR count). The van der Waals surface area contributed by atoms with Gasteiger partial charge in [-0.25, -0.2) is 8.42 Å². The molecule has 6 nitrogen and oxygen atoms in total. The second-order valence-corrected chi connectivity index (χ2v) is 7.46. The molecule has 2 heterocycles. The number of carbonyl (C=O) groups excluding carboxylic acids is 1. The van der Waals surface area contributed by atoms with Crippen molar-refractivity contribution in [2.24, 2.45) is 0 Å². The fraction of sp³-hybridized carbons (Fsp3) is 0.312.